The predicted octanol–water partition coefficient (Wildman–Crippen LogP) is 5.05. The van der Waals surface area contributed by atoms with Gasteiger partial charge >= 0.3 is 6.18 Å². The van der Waals surface area contributed by atoms with Crippen LogP contribution in [0.3, 0.4) is 0 Å². The van der Waals surface area contributed by atoms with Crippen molar-refractivity contribution in [3.63, 3.8) is 0 Å². The van der Waals surface area contributed by atoms with Gasteiger partial charge in [-0.1, -0.05) is 12.1 Å². The molecule has 0 atom stereocenters. The van der Waals surface area contributed by atoms with Crippen LogP contribution >= 0.6 is 24.0 Å². The Kier molecular flexibility index (Phi) is 9.36. The van der Waals surface area contributed by atoms with Crippen molar-refractivity contribution < 1.29 is 22.6 Å². The monoisotopic (exact) mass is 509 g/mol. The van der Waals surface area contributed by atoms with E-state index in [-0.39, 0.29) is 36.5 Å². The molecule has 0 amide bonds. The summed E-state index contributed by atoms with van der Waals surface area (Å²) < 4.78 is 48.8. The number of benzene rings is 2. The minimum atomic E-state index is -4.36. The number of aliphatic imine (C=N–C) groups is 1. The molecule has 0 aliphatic rings. The summed E-state index contributed by atoms with van der Waals surface area (Å²) in [5.41, 5.74) is 6.41. The SMILES string of the molecule is CCOc1ccc(OCC)c(NC(N)=NCc2ccc(C(F)(F)F)cc2)c1.I. The molecule has 0 heterocycles. The first kappa shape index (κ1) is 23.9. The van der Waals surface area contributed by atoms with Crippen LogP contribution < -0.4 is 20.5 Å². The summed E-state index contributed by atoms with van der Waals surface area (Å²) >= 11 is 0. The fraction of sp³-hybridized carbons (Fsp3) is 0.316. The van der Waals surface area contributed by atoms with Gasteiger partial charge in [0.15, 0.2) is 5.96 Å². The zero-order valence-electron chi connectivity index (χ0n) is 15.5. The molecule has 0 saturated carbocycles. The molecule has 154 valence electrons. The Morgan fingerprint density at radius 1 is 1.04 bits per heavy atom. The quantitative estimate of drug-likeness (QED) is 0.312. The third-order valence-corrected chi connectivity index (χ3v) is 3.54. The molecule has 28 heavy (non-hydrogen) atoms. The molecule has 0 aromatic heterocycles. The number of alkyl halides is 3. The standard InChI is InChI=1S/C19H22F3N3O2.HI/c1-3-26-15-9-10-17(27-4-2)16(11-15)25-18(23)24-12-13-5-7-14(8-6-13)19(20,21)22;/h5-11H,3-4,12H2,1-2H3,(H3,23,24,25);1H. The molecule has 0 radical (unpaired) electrons. The van der Waals surface area contributed by atoms with Crippen molar-refractivity contribution in [3.8, 4) is 11.5 Å². The Morgan fingerprint density at radius 2 is 1.68 bits per heavy atom. The highest BCUT2D eigenvalue weighted by Gasteiger charge is 2.29. The first-order valence-corrected chi connectivity index (χ1v) is 8.46. The van der Waals surface area contributed by atoms with Gasteiger partial charge < -0.3 is 20.5 Å². The summed E-state index contributed by atoms with van der Waals surface area (Å²) in [6, 6.07) is 10.1. The van der Waals surface area contributed by atoms with Crippen LogP contribution in [0.4, 0.5) is 18.9 Å². The van der Waals surface area contributed by atoms with Crippen LogP contribution in [0.25, 0.3) is 0 Å². The number of nitrogens with two attached hydrogens (primary N) is 1. The maximum atomic E-state index is 12.6. The maximum absolute atomic E-state index is 12.6. The van der Waals surface area contributed by atoms with Crippen LogP contribution in [0.5, 0.6) is 11.5 Å². The highest BCUT2D eigenvalue weighted by molar-refractivity contribution is 14.0. The van der Waals surface area contributed by atoms with Gasteiger partial charge in [-0.05, 0) is 43.7 Å². The highest BCUT2D eigenvalue weighted by atomic mass is 127. The number of halogens is 4. The average Bonchev–Trinajstić information content (AvgIpc) is 2.62. The van der Waals surface area contributed by atoms with Crippen molar-refractivity contribution in [3.05, 3.63) is 53.6 Å². The molecule has 0 aliphatic heterocycles. The summed E-state index contributed by atoms with van der Waals surface area (Å²) in [4.78, 5) is 4.16. The van der Waals surface area contributed by atoms with E-state index in [1.807, 2.05) is 13.8 Å². The van der Waals surface area contributed by atoms with Gasteiger partial charge in [-0.25, -0.2) is 4.99 Å². The minimum Gasteiger partial charge on any atom is -0.494 e. The van der Waals surface area contributed by atoms with Crippen LogP contribution in [-0.4, -0.2) is 19.2 Å². The van der Waals surface area contributed by atoms with E-state index < -0.39 is 11.7 Å². The van der Waals surface area contributed by atoms with Crippen molar-refractivity contribution >= 4 is 35.6 Å². The molecule has 0 aliphatic carbocycles. The lowest BCUT2D eigenvalue weighted by atomic mass is 10.1. The Balaban J connectivity index is 0.00000392. The molecule has 2 aromatic carbocycles. The van der Waals surface area contributed by atoms with Crippen LogP contribution in [0.15, 0.2) is 47.5 Å². The van der Waals surface area contributed by atoms with Crippen LogP contribution in [0.2, 0.25) is 0 Å². The number of nitrogens with one attached hydrogen (secondary N) is 1. The van der Waals surface area contributed by atoms with Crippen molar-refractivity contribution in [1.29, 1.82) is 0 Å². The average molecular weight is 509 g/mol. The lowest BCUT2D eigenvalue weighted by Gasteiger charge is -2.14. The molecular weight excluding hydrogens is 486 g/mol. The molecular formula is C19H23F3IN3O2. The highest BCUT2D eigenvalue weighted by Crippen LogP contribution is 2.30. The number of hydrogen-bond donors (Lipinski definition) is 2. The van der Waals surface area contributed by atoms with Crippen LogP contribution in [0.1, 0.15) is 25.0 Å². The number of ether oxygens (including phenoxy) is 2. The fourth-order valence-electron chi connectivity index (χ4n) is 2.30. The van der Waals surface area contributed by atoms with Gasteiger partial charge in [0.25, 0.3) is 0 Å². The molecule has 0 saturated heterocycles. The van der Waals surface area contributed by atoms with E-state index in [4.69, 9.17) is 15.2 Å². The zero-order valence-corrected chi connectivity index (χ0v) is 17.9. The topological polar surface area (TPSA) is 68.9 Å². The van der Waals surface area contributed by atoms with Gasteiger partial charge in [0, 0.05) is 6.07 Å². The van der Waals surface area contributed by atoms with Gasteiger partial charge in [0.05, 0.1) is 31.0 Å². The van der Waals surface area contributed by atoms with Crippen molar-refractivity contribution in [2.45, 2.75) is 26.6 Å². The summed E-state index contributed by atoms with van der Waals surface area (Å²) in [6.07, 6.45) is -4.36. The summed E-state index contributed by atoms with van der Waals surface area (Å²) in [6.45, 7) is 4.88. The third-order valence-electron chi connectivity index (χ3n) is 3.54. The molecule has 0 fully saturated rings. The normalized spacial score (nSPS) is 11.5. The predicted molar refractivity (Wildman–Crippen MR) is 115 cm³/mol. The fourth-order valence-corrected chi connectivity index (χ4v) is 2.30. The van der Waals surface area contributed by atoms with Gasteiger partial charge in [-0.3, -0.25) is 0 Å². The molecule has 0 spiro atoms. The van der Waals surface area contributed by atoms with E-state index >= 15 is 0 Å². The van der Waals surface area contributed by atoms with Crippen molar-refractivity contribution in [2.24, 2.45) is 10.7 Å². The van der Waals surface area contributed by atoms with Gasteiger partial charge in [-0.2, -0.15) is 13.2 Å². The van der Waals surface area contributed by atoms with Gasteiger partial charge in [0.1, 0.15) is 11.5 Å². The van der Waals surface area contributed by atoms with E-state index in [2.05, 4.69) is 10.3 Å². The largest absolute Gasteiger partial charge is 0.494 e. The molecule has 2 aromatic rings. The van der Waals surface area contributed by atoms with E-state index in [0.29, 0.717) is 36.0 Å². The van der Waals surface area contributed by atoms with Crippen molar-refractivity contribution in [1.82, 2.24) is 0 Å². The lowest BCUT2D eigenvalue weighted by molar-refractivity contribution is -0.137. The summed E-state index contributed by atoms with van der Waals surface area (Å²) in [5.74, 6) is 1.36. The summed E-state index contributed by atoms with van der Waals surface area (Å²) in [7, 11) is 0. The van der Waals surface area contributed by atoms with E-state index in [9.17, 15) is 13.2 Å². The van der Waals surface area contributed by atoms with E-state index in [1.54, 1.807) is 18.2 Å². The molecule has 9 heteroatoms. The maximum Gasteiger partial charge on any atom is 0.416 e. The molecule has 5 nitrogen and oxygen atoms in total. The number of anilines is 1. The Labute approximate surface area is 179 Å². The Morgan fingerprint density at radius 3 is 2.25 bits per heavy atom. The van der Waals surface area contributed by atoms with Crippen LogP contribution in [0, 0.1) is 0 Å². The Bertz CT molecular complexity index is 781. The van der Waals surface area contributed by atoms with Gasteiger partial charge in [-0.15, -0.1) is 24.0 Å². The number of nitrogens with zero attached hydrogens (tertiary/aromatic N) is 1. The smallest absolute Gasteiger partial charge is 0.416 e. The van der Waals surface area contributed by atoms with Crippen molar-refractivity contribution in [2.75, 3.05) is 18.5 Å². The number of hydrogen-bond acceptors (Lipinski definition) is 3. The van der Waals surface area contributed by atoms with E-state index in [0.717, 1.165) is 12.1 Å². The zero-order chi connectivity index (χ0) is 19.9. The molecule has 3 N–H and O–H groups in total. The second-order valence-corrected chi connectivity index (χ2v) is 5.55. The lowest BCUT2D eigenvalue weighted by Crippen LogP contribution is -2.23. The van der Waals surface area contributed by atoms with E-state index in [1.165, 1.54) is 12.1 Å². The second-order valence-electron chi connectivity index (χ2n) is 5.55. The first-order valence-electron chi connectivity index (χ1n) is 8.46. The summed E-state index contributed by atoms with van der Waals surface area (Å²) in [5, 5.41) is 2.94. The first-order chi connectivity index (χ1) is 12.8. The molecule has 2 rings (SSSR count). The number of rotatable bonds is 7. The number of guanidine groups is 1. The molecule has 0 unspecified atom stereocenters. The third kappa shape index (κ3) is 7.10. The van der Waals surface area contributed by atoms with Gasteiger partial charge in [0.2, 0.25) is 0 Å². The second kappa shape index (κ2) is 11.0. The Hall–Kier alpha value is -2.17. The molecule has 0 bridgehead atoms. The minimum absolute atomic E-state index is 0. The van der Waals surface area contributed by atoms with Crippen LogP contribution in [-0.2, 0) is 12.7 Å².